The first-order valence-corrected chi connectivity index (χ1v) is 5.32. The Morgan fingerprint density at radius 2 is 1.87 bits per heavy atom. The summed E-state index contributed by atoms with van der Waals surface area (Å²) in [6.45, 7) is 4.47. The molecule has 0 fully saturated rings. The van der Waals surface area contributed by atoms with Crippen molar-refractivity contribution < 1.29 is 0 Å². The summed E-state index contributed by atoms with van der Waals surface area (Å²) in [6, 6.07) is 10.6. The molecule has 1 unspecified atom stereocenters. The lowest BCUT2D eigenvalue weighted by molar-refractivity contribution is 0.554. The largest absolute Gasteiger partial charge is 0.348 e. The van der Waals surface area contributed by atoms with E-state index >= 15 is 0 Å². The molecule has 0 aliphatic heterocycles. The van der Waals surface area contributed by atoms with Crippen molar-refractivity contribution in [3.05, 3.63) is 54.1 Å². The lowest BCUT2D eigenvalue weighted by Gasteiger charge is -2.19. The maximum Gasteiger partial charge on any atom is 0.0921 e. The standard InChI is InChI=1S/C13H16N2/c1-10(2)13(12-8-14-9-15-12)11-6-4-3-5-7-11/h3-10,13H,1-2H3,(H,14,15). The molecule has 2 nitrogen and oxygen atoms in total. The van der Waals surface area contributed by atoms with Crippen LogP contribution in [0.1, 0.15) is 31.0 Å². The quantitative estimate of drug-likeness (QED) is 0.809. The van der Waals surface area contributed by atoms with Crippen LogP contribution in [0.3, 0.4) is 0 Å². The molecule has 0 bridgehead atoms. The molecule has 0 saturated carbocycles. The summed E-state index contributed by atoms with van der Waals surface area (Å²) in [6.07, 6.45) is 3.66. The van der Waals surface area contributed by atoms with E-state index in [4.69, 9.17) is 0 Å². The van der Waals surface area contributed by atoms with E-state index in [9.17, 15) is 0 Å². The molecule has 0 amide bonds. The van der Waals surface area contributed by atoms with E-state index in [0.29, 0.717) is 11.8 Å². The monoisotopic (exact) mass is 200 g/mol. The van der Waals surface area contributed by atoms with E-state index in [1.54, 1.807) is 6.33 Å². The fraction of sp³-hybridized carbons (Fsp3) is 0.308. The number of aromatic amines is 1. The van der Waals surface area contributed by atoms with E-state index in [2.05, 4.69) is 48.1 Å². The van der Waals surface area contributed by atoms with Crippen molar-refractivity contribution in [3.63, 3.8) is 0 Å². The van der Waals surface area contributed by atoms with E-state index < -0.39 is 0 Å². The van der Waals surface area contributed by atoms with E-state index in [-0.39, 0.29) is 0 Å². The number of nitrogens with zero attached hydrogens (tertiary/aromatic N) is 1. The van der Waals surface area contributed by atoms with Crippen LogP contribution in [-0.2, 0) is 0 Å². The lowest BCUT2D eigenvalue weighted by atomic mass is 9.86. The molecule has 1 aromatic heterocycles. The number of hydrogen-bond donors (Lipinski definition) is 1. The average Bonchev–Trinajstić information content (AvgIpc) is 2.72. The molecular weight excluding hydrogens is 184 g/mol. The van der Waals surface area contributed by atoms with E-state index in [1.165, 1.54) is 11.3 Å². The van der Waals surface area contributed by atoms with Crippen LogP contribution in [0.2, 0.25) is 0 Å². The molecule has 2 rings (SSSR count). The van der Waals surface area contributed by atoms with Crippen LogP contribution in [-0.4, -0.2) is 9.97 Å². The van der Waals surface area contributed by atoms with Crippen LogP contribution in [0.4, 0.5) is 0 Å². The van der Waals surface area contributed by atoms with Gasteiger partial charge in [-0.05, 0) is 11.5 Å². The van der Waals surface area contributed by atoms with Crippen LogP contribution in [0.25, 0.3) is 0 Å². The van der Waals surface area contributed by atoms with Crippen molar-refractivity contribution >= 4 is 0 Å². The van der Waals surface area contributed by atoms with Gasteiger partial charge in [0, 0.05) is 17.8 Å². The minimum atomic E-state index is 0.411. The Morgan fingerprint density at radius 1 is 1.13 bits per heavy atom. The Hall–Kier alpha value is -1.57. The normalized spacial score (nSPS) is 13.0. The maximum atomic E-state index is 4.10. The molecule has 0 aliphatic rings. The summed E-state index contributed by atoms with van der Waals surface area (Å²) in [5.41, 5.74) is 2.54. The summed E-state index contributed by atoms with van der Waals surface area (Å²) in [7, 11) is 0. The second kappa shape index (κ2) is 4.30. The van der Waals surface area contributed by atoms with Crippen molar-refractivity contribution in [2.24, 2.45) is 5.92 Å². The fourth-order valence-corrected chi connectivity index (χ4v) is 2.02. The minimum absolute atomic E-state index is 0.411. The van der Waals surface area contributed by atoms with Gasteiger partial charge in [-0.2, -0.15) is 0 Å². The Balaban J connectivity index is 2.37. The molecular formula is C13H16N2. The third kappa shape index (κ3) is 2.09. The number of nitrogens with one attached hydrogen (secondary N) is 1. The van der Waals surface area contributed by atoms with Gasteiger partial charge in [-0.25, -0.2) is 4.98 Å². The topological polar surface area (TPSA) is 28.7 Å². The molecule has 1 heterocycles. The Bertz CT molecular complexity index is 390. The summed E-state index contributed by atoms with van der Waals surface area (Å²) in [5.74, 6) is 0.974. The lowest BCUT2D eigenvalue weighted by Crippen LogP contribution is -2.08. The minimum Gasteiger partial charge on any atom is -0.348 e. The maximum absolute atomic E-state index is 4.10. The highest BCUT2D eigenvalue weighted by Gasteiger charge is 2.18. The molecule has 0 radical (unpaired) electrons. The van der Waals surface area contributed by atoms with Gasteiger partial charge in [0.25, 0.3) is 0 Å². The van der Waals surface area contributed by atoms with Gasteiger partial charge in [0.1, 0.15) is 0 Å². The summed E-state index contributed by atoms with van der Waals surface area (Å²) in [5, 5.41) is 0. The Morgan fingerprint density at radius 3 is 2.40 bits per heavy atom. The Kier molecular flexibility index (Phi) is 2.86. The highest BCUT2D eigenvalue weighted by Crippen LogP contribution is 2.29. The predicted molar refractivity (Wildman–Crippen MR) is 61.7 cm³/mol. The molecule has 78 valence electrons. The first-order valence-electron chi connectivity index (χ1n) is 5.32. The van der Waals surface area contributed by atoms with Gasteiger partial charge in [0.15, 0.2) is 0 Å². The first-order chi connectivity index (χ1) is 7.29. The predicted octanol–water partition coefficient (Wildman–Crippen LogP) is 3.20. The van der Waals surface area contributed by atoms with Crippen LogP contribution in [0.15, 0.2) is 42.9 Å². The zero-order chi connectivity index (χ0) is 10.7. The van der Waals surface area contributed by atoms with Crippen molar-refractivity contribution in [1.82, 2.24) is 9.97 Å². The average molecular weight is 200 g/mol. The smallest absolute Gasteiger partial charge is 0.0921 e. The second-order valence-corrected chi connectivity index (χ2v) is 4.14. The number of imidazole rings is 1. The van der Waals surface area contributed by atoms with Gasteiger partial charge in [-0.1, -0.05) is 44.2 Å². The molecule has 1 atom stereocenters. The van der Waals surface area contributed by atoms with Gasteiger partial charge in [0.05, 0.1) is 6.33 Å². The molecule has 0 aliphatic carbocycles. The molecule has 15 heavy (non-hydrogen) atoms. The summed E-state index contributed by atoms with van der Waals surface area (Å²) >= 11 is 0. The zero-order valence-electron chi connectivity index (χ0n) is 9.14. The summed E-state index contributed by atoms with van der Waals surface area (Å²) < 4.78 is 0. The van der Waals surface area contributed by atoms with Crippen LogP contribution in [0.5, 0.6) is 0 Å². The van der Waals surface area contributed by atoms with Gasteiger partial charge in [-0.15, -0.1) is 0 Å². The number of H-pyrrole nitrogens is 1. The highest BCUT2D eigenvalue weighted by molar-refractivity contribution is 5.27. The van der Waals surface area contributed by atoms with Crippen molar-refractivity contribution in [3.8, 4) is 0 Å². The van der Waals surface area contributed by atoms with Crippen LogP contribution < -0.4 is 0 Å². The van der Waals surface area contributed by atoms with Gasteiger partial charge >= 0.3 is 0 Å². The number of hydrogen-bond acceptors (Lipinski definition) is 1. The first kappa shape index (κ1) is 9.97. The van der Waals surface area contributed by atoms with Gasteiger partial charge in [-0.3, -0.25) is 0 Å². The third-order valence-electron chi connectivity index (χ3n) is 2.68. The number of rotatable bonds is 3. The van der Waals surface area contributed by atoms with Crippen molar-refractivity contribution in [1.29, 1.82) is 0 Å². The number of aromatic nitrogens is 2. The molecule has 1 N–H and O–H groups in total. The Labute approximate surface area is 90.4 Å². The molecule has 0 saturated heterocycles. The highest BCUT2D eigenvalue weighted by atomic mass is 14.9. The van der Waals surface area contributed by atoms with Gasteiger partial charge in [0.2, 0.25) is 0 Å². The second-order valence-electron chi connectivity index (χ2n) is 4.14. The SMILES string of the molecule is CC(C)C(c1ccccc1)c1cnc[nH]1. The third-order valence-corrected chi connectivity index (χ3v) is 2.68. The number of benzene rings is 1. The molecule has 2 aromatic rings. The van der Waals surface area contributed by atoms with Crippen LogP contribution >= 0.6 is 0 Å². The van der Waals surface area contributed by atoms with Gasteiger partial charge < -0.3 is 4.98 Å². The molecule has 2 heteroatoms. The van der Waals surface area contributed by atoms with Crippen molar-refractivity contribution in [2.45, 2.75) is 19.8 Å². The van der Waals surface area contributed by atoms with E-state index in [1.807, 2.05) is 12.3 Å². The molecule has 0 spiro atoms. The fourth-order valence-electron chi connectivity index (χ4n) is 2.02. The molecule has 1 aromatic carbocycles. The van der Waals surface area contributed by atoms with E-state index in [0.717, 1.165) is 0 Å². The van der Waals surface area contributed by atoms with Crippen LogP contribution in [0, 0.1) is 5.92 Å². The summed E-state index contributed by atoms with van der Waals surface area (Å²) in [4.78, 5) is 7.30. The van der Waals surface area contributed by atoms with Crippen molar-refractivity contribution in [2.75, 3.05) is 0 Å². The zero-order valence-corrected chi connectivity index (χ0v) is 9.14.